The molecule has 18 heavy (non-hydrogen) atoms. The van der Waals surface area contributed by atoms with Gasteiger partial charge in [0.1, 0.15) is 11.9 Å². The fraction of sp³-hybridized carbons (Fsp3) is 0.538. The number of halogens is 1. The fourth-order valence-electron chi connectivity index (χ4n) is 2.33. The Morgan fingerprint density at radius 2 is 2.33 bits per heavy atom. The van der Waals surface area contributed by atoms with Crippen molar-refractivity contribution >= 4 is 27.7 Å². The minimum Gasteiger partial charge on any atom is -0.357 e. The molecular formula is C13H18BrN3O. The molecule has 0 bridgehead atoms. The molecule has 1 amide bonds. The van der Waals surface area contributed by atoms with Crippen LogP contribution in [-0.2, 0) is 4.79 Å². The molecule has 1 aliphatic heterocycles. The molecule has 5 heteroatoms. The van der Waals surface area contributed by atoms with E-state index in [2.05, 4.69) is 31.1 Å². The van der Waals surface area contributed by atoms with Crippen LogP contribution in [0.4, 0.5) is 5.82 Å². The second-order valence-electron chi connectivity index (χ2n) is 4.61. The third kappa shape index (κ3) is 2.66. The van der Waals surface area contributed by atoms with Gasteiger partial charge in [-0.15, -0.1) is 0 Å². The molecule has 98 valence electrons. The molecule has 4 nitrogen and oxygen atoms in total. The minimum absolute atomic E-state index is 0.0806. The van der Waals surface area contributed by atoms with Crippen molar-refractivity contribution in [2.75, 3.05) is 18.5 Å². The number of rotatable bonds is 2. The van der Waals surface area contributed by atoms with E-state index >= 15 is 0 Å². The monoisotopic (exact) mass is 311 g/mol. The van der Waals surface area contributed by atoms with Gasteiger partial charge in [-0.3, -0.25) is 4.79 Å². The number of hydrogen-bond acceptors (Lipinski definition) is 3. The zero-order chi connectivity index (χ0) is 13.1. The van der Waals surface area contributed by atoms with Crippen LogP contribution >= 0.6 is 15.9 Å². The van der Waals surface area contributed by atoms with Gasteiger partial charge in [0, 0.05) is 24.3 Å². The van der Waals surface area contributed by atoms with Crippen LogP contribution in [0.2, 0.25) is 0 Å². The average molecular weight is 312 g/mol. The summed E-state index contributed by atoms with van der Waals surface area (Å²) < 4.78 is 1.000. The topological polar surface area (TPSA) is 45.2 Å². The number of amides is 1. The van der Waals surface area contributed by atoms with Gasteiger partial charge in [0.15, 0.2) is 0 Å². The van der Waals surface area contributed by atoms with Crippen LogP contribution in [0, 0.1) is 6.92 Å². The molecule has 1 N–H and O–H groups in total. The molecule has 1 saturated heterocycles. The smallest absolute Gasteiger partial charge is 0.242 e. The standard InChI is InChI=1S/C13H18BrN3O/c1-9-7-12(16-8-10(9)14)17-6-4-3-5-11(17)13(18)15-2/h7-8,11H,3-6H2,1-2H3,(H,15,18). The van der Waals surface area contributed by atoms with E-state index in [1.54, 1.807) is 13.2 Å². The summed E-state index contributed by atoms with van der Waals surface area (Å²) in [5.74, 6) is 0.973. The van der Waals surface area contributed by atoms with Crippen LogP contribution < -0.4 is 10.2 Å². The van der Waals surface area contributed by atoms with Gasteiger partial charge in [0.05, 0.1) is 0 Å². The molecule has 2 heterocycles. The minimum atomic E-state index is -0.0863. The Morgan fingerprint density at radius 1 is 1.56 bits per heavy atom. The summed E-state index contributed by atoms with van der Waals surface area (Å²) in [7, 11) is 1.69. The highest BCUT2D eigenvalue weighted by Crippen LogP contribution is 2.26. The van der Waals surface area contributed by atoms with Gasteiger partial charge in [-0.1, -0.05) is 0 Å². The highest BCUT2D eigenvalue weighted by molar-refractivity contribution is 9.10. The van der Waals surface area contributed by atoms with Crippen molar-refractivity contribution in [3.8, 4) is 0 Å². The molecule has 1 aromatic rings. The van der Waals surface area contributed by atoms with E-state index in [4.69, 9.17) is 0 Å². The molecular weight excluding hydrogens is 294 g/mol. The Bertz CT molecular complexity index is 450. The van der Waals surface area contributed by atoms with E-state index in [-0.39, 0.29) is 11.9 Å². The normalized spacial score (nSPS) is 19.7. The van der Waals surface area contributed by atoms with E-state index < -0.39 is 0 Å². The molecule has 0 radical (unpaired) electrons. The maximum atomic E-state index is 11.9. The highest BCUT2D eigenvalue weighted by Gasteiger charge is 2.28. The fourth-order valence-corrected chi connectivity index (χ4v) is 2.54. The van der Waals surface area contributed by atoms with Crippen molar-refractivity contribution in [2.45, 2.75) is 32.2 Å². The van der Waals surface area contributed by atoms with E-state index in [0.717, 1.165) is 41.7 Å². The second kappa shape index (κ2) is 5.69. The number of likely N-dealkylation sites (N-methyl/N-ethyl adjacent to an activating group) is 1. The van der Waals surface area contributed by atoms with Gasteiger partial charge in [-0.05, 0) is 53.7 Å². The van der Waals surface area contributed by atoms with Crippen LogP contribution in [0.5, 0.6) is 0 Å². The van der Waals surface area contributed by atoms with Gasteiger partial charge in [0.25, 0.3) is 0 Å². The van der Waals surface area contributed by atoms with Gasteiger partial charge >= 0.3 is 0 Å². The van der Waals surface area contributed by atoms with Crippen LogP contribution in [0.25, 0.3) is 0 Å². The van der Waals surface area contributed by atoms with Crippen molar-refractivity contribution in [1.82, 2.24) is 10.3 Å². The highest BCUT2D eigenvalue weighted by atomic mass is 79.9. The maximum Gasteiger partial charge on any atom is 0.242 e. The number of anilines is 1. The van der Waals surface area contributed by atoms with E-state index in [1.807, 2.05) is 13.0 Å². The van der Waals surface area contributed by atoms with Crippen LogP contribution in [0.1, 0.15) is 24.8 Å². The summed E-state index contributed by atoms with van der Waals surface area (Å²) in [6, 6.07) is 1.95. The largest absolute Gasteiger partial charge is 0.357 e. The number of hydrogen-bond donors (Lipinski definition) is 1. The number of nitrogens with zero attached hydrogens (tertiary/aromatic N) is 2. The molecule has 0 aromatic carbocycles. The second-order valence-corrected chi connectivity index (χ2v) is 5.47. The third-order valence-corrected chi connectivity index (χ3v) is 4.21. The maximum absolute atomic E-state index is 11.9. The molecule has 1 fully saturated rings. The van der Waals surface area contributed by atoms with E-state index in [1.165, 1.54) is 0 Å². The first-order chi connectivity index (χ1) is 8.63. The number of pyridine rings is 1. The number of carbonyl (C=O) groups excluding carboxylic acids is 1. The predicted octanol–water partition coefficient (Wildman–Crippen LogP) is 2.26. The lowest BCUT2D eigenvalue weighted by atomic mass is 10.0. The Balaban J connectivity index is 2.27. The molecule has 1 atom stereocenters. The third-order valence-electron chi connectivity index (χ3n) is 3.38. The van der Waals surface area contributed by atoms with Crippen molar-refractivity contribution in [1.29, 1.82) is 0 Å². The number of aryl methyl sites for hydroxylation is 1. The van der Waals surface area contributed by atoms with Gasteiger partial charge in [-0.25, -0.2) is 4.98 Å². The van der Waals surface area contributed by atoms with Crippen molar-refractivity contribution in [3.05, 3.63) is 22.3 Å². The predicted molar refractivity (Wildman–Crippen MR) is 75.7 cm³/mol. The Morgan fingerprint density at radius 3 is 3.00 bits per heavy atom. The molecule has 1 aliphatic rings. The lowest BCUT2D eigenvalue weighted by molar-refractivity contribution is -0.122. The molecule has 0 saturated carbocycles. The first kappa shape index (κ1) is 13.3. The summed E-state index contributed by atoms with van der Waals surface area (Å²) in [6.45, 7) is 2.93. The molecule has 0 aliphatic carbocycles. The number of carbonyl (C=O) groups is 1. The Kier molecular flexibility index (Phi) is 4.22. The lowest BCUT2D eigenvalue weighted by Gasteiger charge is -2.35. The van der Waals surface area contributed by atoms with Gasteiger partial charge in [-0.2, -0.15) is 0 Å². The Hall–Kier alpha value is -1.10. The summed E-state index contributed by atoms with van der Waals surface area (Å²) >= 11 is 3.45. The van der Waals surface area contributed by atoms with Crippen molar-refractivity contribution < 1.29 is 4.79 Å². The molecule has 1 aromatic heterocycles. The quantitative estimate of drug-likeness (QED) is 0.911. The zero-order valence-electron chi connectivity index (χ0n) is 10.7. The number of aromatic nitrogens is 1. The van der Waals surface area contributed by atoms with Gasteiger partial charge < -0.3 is 10.2 Å². The Labute approximate surface area is 116 Å². The van der Waals surface area contributed by atoms with E-state index in [9.17, 15) is 4.79 Å². The summed E-state index contributed by atoms with van der Waals surface area (Å²) in [4.78, 5) is 18.5. The van der Waals surface area contributed by atoms with E-state index in [0.29, 0.717) is 0 Å². The number of piperidine rings is 1. The lowest BCUT2D eigenvalue weighted by Crippen LogP contribution is -2.49. The summed E-state index contributed by atoms with van der Waals surface area (Å²) in [5.41, 5.74) is 1.14. The van der Waals surface area contributed by atoms with Crippen molar-refractivity contribution in [2.24, 2.45) is 0 Å². The number of nitrogens with one attached hydrogen (secondary N) is 1. The molecule has 1 unspecified atom stereocenters. The van der Waals surface area contributed by atoms with Crippen LogP contribution in [-0.4, -0.2) is 30.5 Å². The van der Waals surface area contributed by atoms with Crippen molar-refractivity contribution in [3.63, 3.8) is 0 Å². The zero-order valence-corrected chi connectivity index (χ0v) is 12.3. The van der Waals surface area contributed by atoms with Crippen LogP contribution in [0.3, 0.4) is 0 Å². The SMILES string of the molecule is CNC(=O)C1CCCCN1c1cc(C)c(Br)cn1. The van der Waals surface area contributed by atoms with Crippen LogP contribution in [0.15, 0.2) is 16.7 Å². The van der Waals surface area contributed by atoms with Gasteiger partial charge in [0.2, 0.25) is 5.91 Å². The first-order valence-corrected chi connectivity index (χ1v) is 7.03. The summed E-state index contributed by atoms with van der Waals surface area (Å²) in [5, 5.41) is 2.74. The molecule has 0 spiro atoms. The summed E-state index contributed by atoms with van der Waals surface area (Å²) in [6.07, 6.45) is 4.92. The first-order valence-electron chi connectivity index (χ1n) is 6.24. The molecule has 2 rings (SSSR count). The average Bonchev–Trinajstić information content (AvgIpc) is 2.41.